The van der Waals surface area contributed by atoms with Crippen molar-refractivity contribution in [2.24, 2.45) is 0 Å². The molecule has 1 N–H and O–H groups in total. The van der Waals surface area contributed by atoms with E-state index in [0.717, 1.165) is 19.3 Å². The molecule has 0 heterocycles. The number of rotatable bonds is 5. The van der Waals surface area contributed by atoms with Gasteiger partial charge in [-0.3, -0.25) is 0 Å². The third kappa shape index (κ3) is 3.36. The van der Waals surface area contributed by atoms with Crippen molar-refractivity contribution >= 4 is 0 Å². The van der Waals surface area contributed by atoms with Crippen LogP contribution in [0.5, 0.6) is 5.75 Å². The summed E-state index contributed by atoms with van der Waals surface area (Å²) in [6.45, 7) is 2.15. The van der Waals surface area contributed by atoms with E-state index >= 15 is 0 Å². The fourth-order valence-corrected chi connectivity index (χ4v) is 1.48. The van der Waals surface area contributed by atoms with Crippen LogP contribution >= 0.6 is 0 Å². The van der Waals surface area contributed by atoms with E-state index in [1.165, 1.54) is 25.0 Å². The maximum absolute atomic E-state index is 13.2. The Labute approximate surface area is 84.6 Å². The summed E-state index contributed by atoms with van der Waals surface area (Å²) in [5.41, 5.74) is 0.707. The molecule has 1 aromatic rings. The Balaban J connectivity index is 2.42. The quantitative estimate of drug-likeness (QED) is 0.712. The summed E-state index contributed by atoms with van der Waals surface area (Å²) >= 11 is 0. The van der Waals surface area contributed by atoms with Crippen molar-refractivity contribution in [2.75, 3.05) is 0 Å². The van der Waals surface area contributed by atoms with Gasteiger partial charge in [-0.05, 0) is 24.5 Å². The van der Waals surface area contributed by atoms with Gasteiger partial charge in [0.05, 0.1) is 0 Å². The summed E-state index contributed by atoms with van der Waals surface area (Å²) < 4.78 is 13.2. The Hall–Kier alpha value is -1.05. The van der Waals surface area contributed by atoms with Crippen LogP contribution < -0.4 is 0 Å². The molecule has 1 rings (SSSR count). The lowest BCUT2D eigenvalue weighted by atomic mass is 10.1. The highest BCUT2D eigenvalue weighted by atomic mass is 19.1. The van der Waals surface area contributed by atoms with Crippen molar-refractivity contribution in [3.05, 3.63) is 29.6 Å². The topological polar surface area (TPSA) is 20.2 Å². The smallest absolute Gasteiger partial charge is 0.130 e. The average Bonchev–Trinajstić information content (AvgIpc) is 2.15. The van der Waals surface area contributed by atoms with E-state index in [1.807, 2.05) is 0 Å². The van der Waals surface area contributed by atoms with Crippen LogP contribution in [0.15, 0.2) is 18.2 Å². The summed E-state index contributed by atoms with van der Waals surface area (Å²) in [5, 5.41) is 9.01. The van der Waals surface area contributed by atoms with Gasteiger partial charge in [-0.1, -0.05) is 32.3 Å². The Morgan fingerprint density at radius 1 is 1.21 bits per heavy atom. The fraction of sp³-hybridized carbons (Fsp3) is 0.500. The number of phenolic OH excluding ortho intramolecular Hbond substituents is 1. The van der Waals surface area contributed by atoms with Crippen molar-refractivity contribution < 1.29 is 9.50 Å². The number of hydrogen-bond donors (Lipinski definition) is 1. The van der Waals surface area contributed by atoms with Crippen LogP contribution in [-0.4, -0.2) is 5.11 Å². The Bertz CT molecular complexity index is 284. The summed E-state index contributed by atoms with van der Waals surface area (Å²) in [4.78, 5) is 0. The molecule has 0 saturated heterocycles. The Morgan fingerprint density at radius 2 is 2.00 bits per heavy atom. The van der Waals surface area contributed by atoms with Crippen molar-refractivity contribution in [1.29, 1.82) is 0 Å². The lowest BCUT2D eigenvalue weighted by Gasteiger charge is -2.03. The van der Waals surface area contributed by atoms with E-state index in [9.17, 15) is 4.39 Å². The van der Waals surface area contributed by atoms with E-state index < -0.39 is 0 Å². The molecule has 0 atom stereocenters. The second-order valence-corrected chi connectivity index (χ2v) is 3.59. The molecule has 0 bridgehead atoms. The highest BCUT2D eigenvalue weighted by Crippen LogP contribution is 2.17. The van der Waals surface area contributed by atoms with Gasteiger partial charge in [0, 0.05) is 6.07 Å². The summed E-state index contributed by atoms with van der Waals surface area (Å²) in [7, 11) is 0. The molecule has 0 aliphatic carbocycles. The maximum Gasteiger partial charge on any atom is 0.130 e. The van der Waals surface area contributed by atoms with Crippen LogP contribution in [0.2, 0.25) is 0 Å². The molecule has 0 saturated carbocycles. The molecule has 0 spiro atoms. The first-order chi connectivity index (χ1) is 6.74. The number of halogens is 1. The van der Waals surface area contributed by atoms with Gasteiger partial charge in [-0.15, -0.1) is 0 Å². The number of aromatic hydroxyl groups is 1. The molecule has 0 aliphatic heterocycles. The normalized spacial score (nSPS) is 10.4. The fourth-order valence-electron chi connectivity index (χ4n) is 1.48. The van der Waals surface area contributed by atoms with Gasteiger partial charge in [-0.25, -0.2) is 4.39 Å². The standard InChI is InChI=1S/C12H17FO/c1-2-3-4-5-6-10-7-8-11(14)9-12(10)13/h7-9,14H,2-6H2,1H3. The number of unbranched alkanes of at least 4 members (excludes halogenated alkanes) is 3. The van der Waals surface area contributed by atoms with Crippen LogP contribution in [0.4, 0.5) is 4.39 Å². The van der Waals surface area contributed by atoms with Crippen molar-refractivity contribution in [3.63, 3.8) is 0 Å². The van der Waals surface area contributed by atoms with E-state index in [1.54, 1.807) is 6.07 Å². The maximum atomic E-state index is 13.2. The van der Waals surface area contributed by atoms with Crippen LogP contribution in [0.3, 0.4) is 0 Å². The highest BCUT2D eigenvalue weighted by Gasteiger charge is 2.02. The molecule has 0 radical (unpaired) electrons. The molecule has 1 nitrogen and oxygen atoms in total. The van der Waals surface area contributed by atoms with E-state index in [4.69, 9.17) is 5.11 Å². The van der Waals surface area contributed by atoms with Gasteiger partial charge < -0.3 is 5.11 Å². The molecule has 0 amide bonds. The lowest BCUT2D eigenvalue weighted by molar-refractivity contribution is 0.467. The summed E-state index contributed by atoms with van der Waals surface area (Å²) in [6, 6.07) is 4.38. The molecule has 0 aliphatic rings. The predicted octanol–water partition coefficient (Wildman–Crippen LogP) is 3.65. The van der Waals surface area contributed by atoms with Gasteiger partial charge >= 0.3 is 0 Å². The van der Waals surface area contributed by atoms with Gasteiger partial charge in [0.25, 0.3) is 0 Å². The molecule has 2 heteroatoms. The average molecular weight is 196 g/mol. The minimum absolute atomic E-state index is 0.000178. The zero-order valence-corrected chi connectivity index (χ0v) is 8.59. The van der Waals surface area contributed by atoms with Gasteiger partial charge in [-0.2, -0.15) is 0 Å². The van der Waals surface area contributed by atoms with Crippen LogP contribution in [0.1, 0.15) is 38.2 Å². The summed E-state index contributed by atoms with van der Waals surface area (Å²) in [5.74, 6) is -0.290. The number of hydrogen-bond acceptors (Lipinski definition) is 1. The molecular weight excluding hydrogens is 179 g/mol. The number of aryl methyl sites for hydroxylation is 1. The lowest BCUT2D eigenvalue weighted by Crippen LogP contribution is -1.90. The van der Waals surface area contributed by atoms with Crippen molar-refractivity contribution in [3.8, 4) is 5.75 Å². The number of benzene rings is 1. The monoisotopic (exact) mass is 196 g/mol. The molecule has 1 aromatic carbocycles. The van der Waals surface area contributed by atoms with Gasteiger partial charge in [0.1, 0.15) is 11.6 Å². The van der Waals surface area contributed by atoms with E-state index in [2.05, 4.69) is 6.92 Å². The van der Waals surface area contributed by atoms with Crippen molar-refractivity contribution in [1.82, 2.24) is 0 Å². The van der Waals surface area contributed by atoms with Gasteiger partial charge in [0.15, 0.2) is 0 Å². The molecule has 0 aromatic heterocycles. The predicted molar refractivity (Wildman–Crippen MR) is 55.9 cm³/mol. The Morgan fingerprint density at radius 3 is 2.64 bits per heavy atom. The van der Waals surface area contributed by atoms with Crippen molar-refractivity contribution in [2.45, 2.75) is 39.0 Å². The first-order valence-corrected chi connectivity index (χ1v) is 5.21. The Kier molecular flexibility index (Phi) is 4.44. The molecular formula is C12H17FO. The highest BCUT2D eigenvalue weighted by molar-refractivity contribution is 5.27. The van der Waals surface area contributed by atoms with E-state index in [-0.39, 0.29) is 11.6 Å². The molecule has 0 unspecified atom stereocenters. The molecule has 0 fully saturated rings. The second-order valence-electron chi connectivity index (χ2n) is 3.59. The minimum atomic E-state index is -0.290. The first-order valence-electron chi connectivity index (χ1n) is 5.21. The second kappa shape index (κ2) is 5.63. The van der Waals surface area contributed by atoms with Crippen LogP contribution in [-0.2, 0) is 6.42 Å². The van der Waals surface area contributed by atoms with Crippen LogP contribution in [0.25, 0.3) is 0 Å². The van der Waals surface area contributed by atoms with Gasteiger partial charge in [0.2, 0.25) is 0 Å². The molecule has 14 heavy (non-hydrogen) atoms. The molecule has 78 valence electrons. The number of phenols is 1. The first kappa shape index (κ1) is 11.0. The summed E-state index contributed by atoms with van der Waals surface area (Å²) in [6.07, 6.45) is 5.34. The SMILES string of the molecule is CCCCCCc1ccc(O)cc1F. The third-order valence-corrected chi connectivity index (χ3v) is 2.34. The zero-order valence-electron chi connectivity index (χ0n) is 8.59. The largest absolute Gasteiger partial charge is 0.508 e. The van der Waals surface area contributed by atoms with E-state index in [0.29, 0.717) is 5.56 Å². The zero-order chi connectivity index (χ0) is 10.4. The third-order valence-electron chi connectivity index (χ3n) is 2.34. The van der Waals surface area contributed by atoms with Crippen LogP contribution in [0, 0.1) is 5.82 Å². The minimum Gasteiger partial charge on any atom is -0.508 e.